The number of rotatable bonds is 5. The Morgan fingerprint density at radius 1 is 1.08 bits per heavy atom. The van der Waals surface area contributed by atoms with Crippen molar-refractivity contribution < 1.29 is 19.1 Å². The molecule has 0 bridgehead atoms. The Kier molecular flexibility index (Phi) is 5.03. The largest absolute Gasteiger partial charge is 0.465 e. The van der Waals surface area contributed by atoms with Gasteiger partial charge in [-0.3, -0.25) is 4.79 Å². The number of carbonyl (C=O) groups is 2. The Labute approximate surface area is 152 Å². The molecule has 0 saturated heterocycles. The van der Waals surface area contributed by atoms with Crippen molar-refractivity contribution in [1.29, 1.82) is 0 Å². The van der Waals surface area contributed by atoms with E-state index in [9.17, 15) is 9.59 Å². The molecule has 7 heteroatoms. The topological polar surface area (TPSA) is 70.4 Å². The highest BCUT2D eigenvalue weighted by molar-refractivity contribution is 9.10. The smallest absolute Gasteiger partial charge is 0.356 e. The first-order valence-corrected chi connectivity index (χ1v) is 8.74. The van der Waals surface area contributed by atoms with Crippen molar-refractivity contribution in [2.24, 2.45) is 0 Å². The first-order chi connectivity index (χ1) is 12.0. The molecule has 0 spiro atoms. The van der Waals surface area contributed by atoms with Crippen LogP contribution in [0.4, 0.5) is 0 Å². The summed E-state index contributed by atoms with van der Waals surface area (Å²) in [6, 6.07) is 7.48. The lowest BCUT2D eigenvalue weighted by Crippen LogP contribution is -2.13. The van der Waals surface area contributed by atoms with Gasteiger partial charge in [0.2, 0.25) is 0 Å². The number of carbonyl (C=O) groups excluding carboxylic acids is 2. The Bertz CT molecular complexity index is 965. The maximum atomic E-state index is 12.0. The SMILES string of the molecule is CCOC(=O)Cn1c2ccc(Br)cc2c2cc(C(=O)OCC)ncc21. The van der Waals surface area contributed by atoms with E-state index in [1.165, 1.54) is 0 Å². The molecule has 2 heterocycles. The fraction of sp³-hybridized carbons (Fsp3) is 0.278. The maximum Gasteiger partial charge on any atom is 0.356 e. The highest BCUT2D eigenvalue weighted by Gasteiger charge is 2.17. The lowest BCUT2D eigenvalue weighted by Gasteiger charge is -2.07. The molecule has 0 fully saturated rings. The Morgan fingerprint density at radius 2 is 1.80 bits per heavy atom. The van der Waals surface area contributed by atoms with Crippen LogP contribution in [0.5, 0.6) is 0 Å². The van der Waals surface area contributed by atoms with E-state index in [0.29, 0.717) is 6.61 Å². The minimum absolute atomic E-state index is 0.0793. The molecule has 25 heavy (non-hydrogen) atoms. The Hall–Kier alpha value is -2.41. The molecule has 2 aromatic heterocycles. The number of nitrogens with zero attached hydrogens (tertiary/aromatic N) is 2. The van der Waals surface area contributed by atoms with Gasteiger partial charge in [-0.2, -0.15) is 0 Å². The number of pyridine rings is 1. The van der Waals surface area contributed by atoms with Gasteiger partial charge < -0.3 is 14.0 Å². The van der Waals surface area contributed by atoms with Crippen LogP contribution in [0.2, 0.25) is 0 Å². The number of ether oxygens (including phenoxy) is 2. The van der Waals surface area contributed by atoms with Gasteiger partial charge in [0.25, 0.3) is 0 Å². The lowest BCUT2D eigenvalue weighted by molar-refractivity contribution is -0.143. The highest BCUT2D eigenvalue weighted by Crippen LogP contribution is 2.31. The van der Waals surface area contributed by atoms with Gasteiger partial charge in [0.05, 0.1) is 24.9 Å². The number of hydrogen-bond donors (Lipinski definition) is 0. The molecular weight excluding hydrogens is 388 g/mol. The van der Waals surface area contributed by atoms with Crippen LogP contribution in [-0.4, -0.2) is 34.7 Å². The monoisotopic (exact) mass is 404 g/mol. The van der Waals surface area contributed by atoms with E-state index in [1.54, 1.807) is 26.1 Å². The van der Waals surface area contributed by atoms with E-state index >= 15 is 0 Å². The van der Waals surface area contributed by atoms with Gasteiger partial charge in [0.1, 0.15) is 12.2 Å². The van der Waals surface area contributed by atoms with Crippen LogP contribution >= 0.6 is 15.9 Å². The van der Waals surface area contributed by atoms with Gasteiger partial charge in [-0.05, 0) is 38.1 Å². The summed E-state index contributed by atoms with van der Waals surface area (Å²) in [5.74, 6) is -0.788. The zero-order valence-electron chi connectivity index (χ0n) is 13.9. The second-order valence-electron chi connectivity index (χ2n) is 5.36. The number of benzene rings is 1. The summed E-state index contributed by atoms with van der Waals surface area (Å²) in [7, 11) is 0. The van der Waals surface area contributed by atoms with Crippen molar-refractivity contribution in [3.63, 3.8) is 0 Å². The minimum Gasteiger partial charge on any atom is -0.465 e. The molecule has 0 atom stereocenters. The number of esters is 2. The molecule has 0 saturated carbocycles. The van der Waals surface area contributed by atoms with Crippen molar-refractivity contribution in [1.82, 2.24) is 9.55 Å². The molecule has 0 radical (unpaired) electrons. The number of aromatic nitrogens is 2. The van der Waals surface area contributed by atoms with Crippen molar-refractivity contribution in [3.8, 4) is 0 Å². The molecular formula is C18H17BrN2O4. The summed E-state index contributed by atoms with van der Waals surface area (Å²) in [6.07, 6.45) is 1.59. The van der Waals surface area contributed by atoms with E-state index in [1.807, 2.05) is 22.8 Å². The predicted octanol–water partition coefficient (Wildman–Crippen LogP) is 3.69. The third-order valence-electron chi connectivity index (χ3n) is 3.79. The quantitative estimate of drug-likeness (QED) is 0.606. The normalized spacial score (nSPS) is 11.0. The van der Waals surface area contributed by atoms with Gasteiger partial charge >= 0.3 is 11.9 Å². The number of halogens is 1. The van der Waals surface area contributed by atoms with E-state index in [4.69, 9.17) is 9.47 Å². The fourth-order valence-electron chi connectivity index (χ4n) is 2.79. The Morgan fingerprint density at radius 3 is 2.52 bits per heavy atom. The van der Waals surface area contributed by atoms with Crippen LogP contribution in [0.25, 0.3) is 21.8 Å². The molecule has 0 aliphatic rings. The maximum absolute atomic E-state index is 12.0. The van der Waals surface area contributed by atoms with E-state index in [2.05, 4.69) is 20.9 Å². The van der Waals surface area contributed by atoms with Crippen molar-refractivity contribution in [2.45, 2.75) is 20.4 Å². The molecule has 0 aliphatic carbocycles. The average molecular weight is 405 g/mol. The van der Waals surface area contributed by atoms with Crippen LogP contribution < -0.4 is 0 Å². The molecule has 0 amide bonds. The number of hydrogen-bond acceptors (Lipinski definition) is 5. The summed E-state index contributed by atoms with van der Waals surface area (Å²) in [4.78, 5) is 28.2. The summed E-state index contributed by atoms with van der Waals surface area (Å²) < 4.78 is 12.8. The van der Waals surface area contributed by atoms with Crippen LogP contribution in [0, 0.1) is 0 Å². The first kappa shape index (κ1) is 17.4. The second-order valence-corrected chi connectivity index (χ2v) is 6.28. The minimum atomic E-state index is -0.467. The van der Waals surface area contributed by atoms with Crippen LogP contribution in [0.15, 0.2) is 34.9 Å². The molecule has 0 unspecified atom stereocenters. The van der Waals surface area contributed by atoms with Crippen LogP contribution in [-0.2, 0) is 20.8 Å². The third kappa shape index (κ3) is 3.37. The van der Waals surface area contributed by atoms with Crippen LogP contribution in [0.3, 0.4) is 0 Å². The average Bonchev–Trinajstić information content (AvgIpc) is 2.88. The van der Waals surface area contributed by atoms with Gasteiger partial charge in [-0.15, -0.1) is 0 Å². The summed E-state index contributed by atoms with van der Waals surface area (Å²) in [6.45, 7) is 4.21. The molecule has 3 aromatic rings. The second kappa shape index (κ2) is 7.23. The van der Waals surface area contributed by atoms with Crippen molar-refractivity contribution >= 4 is 49.7 Å². The Balaban J connectivity index is 2.20. The number of fused-ring (bicyclic) bond motifs is 3. The first-order valence-electron chi connectivity index (χ1n) is 7.95. The predicted molar refractivity (Wildman–Crippen MR) is 97.5 cm³/mol. The molecule has 1 aromatic carbocycles. The van der Waals surface area contributed by atoms with Crippen LogP contribution in [0.1, 0.15) is 24.3 Å². The van der Waals surface area contributed by atoms with E-state index in [0.717, 1.165) is 26.3 Å². The molecule has 0 aliphatic heterocycles. The van der Waals surface area contributed by atoms with Crippen molar-refractivity contribution in [2.75, 3.05) is 13.2 Å². The molecule has 6 nitrogen and oxygen atoms in total. The highest BCUT2D eigenvalue weighted by atomic mass is 79.9. The zero-order chi connectivity index (χ0) is 18.0. The van der Waals surface area contributed by atoms with Gasteiger partial charge in [-0.1, -0.05) is 15.9 Å². The summed E-state index contributed by atoms with van der Waals surface area (Å²) in [5, 5.41) is 1.75. The summed E-state index contributed by atoms with van der Waals surface area (Å²) >= 11 is 3.47. The molecule has 3 rings (SSSR count). The van der Waals surface area contributed by atoms with Gasteiger partial charge in [-0.25, -0.2) is 9.78 Å². The fourth-order valence-corrected chi connectivity index (χ4v) is 3.15. The van der Waals surface area contributed by atoms with E-state index < -0.39 is 5.97 Å². The summed E-state index contributed by atoms with van der Waals surface area (Å²) in [5.41, 5.74) is 1.87. The zero-order valence-corrected chi connectivity index (χ0v) is 15.5. The lowest BCUT2D eigenvalue weighted by atomic mass is 10.1. The van der Waals surface area contributed by atoms with Gasteiger partial charge in [0.15, 0.2) is 0 Å². The molecule has 130 valence electrons. The van der Waals surface area contributed by atoms with Crippen molar-refractivity contribution in [3.05, 3.63) is 40.6 Å². The molecule has 0 N–H and O–H groups in total. The standard InChI is InChI=1S/C18H17BrN2O4/c1-3-24-17(22)10-21-15-6-5-11(19)7-12(15)13-8-14(18(23)25-4-2)20-9-16(13)21/h5-9H,3-4,10H2,1-2H3. The third-order valence-corrected chi connectivity index (χ3v) is 4.28. The van der Waals surface area contributed by atoms with Gasteiger partial charge in [0, 0.05) is 20.8 Å². The van der Waals surface area contributed by atoms with E-state index in [-0.39, 0.29) is 24.8 Å².